The molecule has 0 radical (unpaired) electrons. The number of nitrogen functional groups attached to an aromatic ring is 1. The fourth-order valence-corrected chi connectivity index (χ4v) is 1.52. The Bertz CT molecular complexity index is 430. The van der Waals surface area contributed by atoms with Gasteiger partial charge in [-0.05, 0) is 12.1 Å². The lowest BCUT2D eigenvalue weighted by molar-refractivity contribution is 1.12. The van der Waals surface area contributed by atoms with Crippen molar-refractivity contribution in [3.05, 3.63) is 18.3 Å². The van der Waals surface area contributed by atoms with E-state index in [-0.39, 0.29) is 0 Å². The first-order valence-electron chi connectivity index (χ1n) is 4.09. The Labute approximate surface area is 76.3 Å². The van der Waals surface area contributed by atoms with Gasteiger partial charge in [0.15, 0.2) is 0 Å². The summed E-state index contributed by atoms with van der Waals surface area (Å²) in [5, 5.41) is 7.95. The average molecular weight is 176 g/mol. The van der Waals surface area contributed by atoms with Gasteiger partial charge >= 0.3 is 0 Å². The molecule has 1 aromatic heterocycles. The summed E-state index contributed by atoms with van der Waals surface area (Å²) < 4.78 is 0. The van der Waals surface area contributed by atoms with Gasteiger partial charge in [-0.25, -0.2) is 0 Å². The molecule has 0 spiro atoms. The molecule has 13 heavy (non-hydrogen) atoms. The summed E-state index contributed by atoms with van der Waals surface area (Å²) in [6.07, 6.45) is 1.79. The van der Waals surface area contributed by atoms with Crippen molar-refractivity contribution in [2.45, 2.75) is 0 Å². The minimum atomic E-state index is 0.777. The summed E-state index contributed by atoms with van der Waals surface area (Å²) in [6.45, 7) is 0. The van der Waals surface area contributed by atoms with Gasteiger partial charge in [0.05, 0.1) is 23.1 Å². The Morgan fingerprint density at radius 1 is 1.38 bits per heavy atom. The van der Waals surface area contributed by atoms with Gasteiger partial charge in [0.1, 0.15) is 0 Å². The SMILES string of the molecule is CN(C)c1c(N)ccc2[nH]ncc12. The van der Waals surface area contributed by atoms with Crippen molar-refractivity contribution in [1.82, 2.24) is 10.2 Å². The Hall–Kier alpha value is -1.71. The molecule has 0 saturated heterocycles. The average Bonchev–Trinajstić information content (AvgIpc) is 2.50. The number of rotatable bonds is 1. The fraction of sp³-hybridized carbons (Fsp3) is 0.222. The van der Waals surface area contributed by atoms with E-state index in [4.69, 9.17) is 5.73 Å². The van der Waals surface area contributed by atoms with Gasteiger partial charge in [0.2, 0.25) is 0 Å². The maximum absolute atomic E-state index is 5.86. The Morgan fingerprint density at radius 2 is 2.15 bits per heavy atom. The maximum atomic E-state index is 5.86. The molecule has 0 aliphatic rings. The number of anilines is 2. The van der Waals surface area contributed by atoms with Crippen LogP contribution in [0.15, 0.2) is 18.3 Å². The molecule has 4 nitrogen and oxygen atoms in total. The normalized spacial score (nSPS) is 10.6. The molecule has 0 amide bonds. The Balaban J connectivity index is 2.80. The third-order valence-corrected chi connectivity index (χ3v) is 2.07. The smallest absolute Gasteiger partial charge is 0.0706 e. The van der Waals surface area contributed by atoms with Crippen molar-refractivity contribution in [2.75, 3.05) is 24.7 Å². The molecule has 2 rings (SSSR count). The van der Waals surface area contributed by atoms with Crippen LogP contribution in [0.1, 0.15) is 0 Å². The van der Waals surface area contributed by atoms with Crippen LogP contribution in [0.5, 0.6) is 0 Å². The lowest BCUT2D eigenvalue weighted by atomic mass is 10.2. The van der Waals surface area contributed by atoms with Crippen molar-refractivity contribution in [1.29, 1.82) is 0 Å². The summed E-state index contributed by atoms with van der Waals surface area (Å²) >= 11 is 0. The van der Waals surface area contributed by atoms with Crippen LogP contribution in [0.3, 0.4) is 0 Å². The molecule has 1 heterocycles. The van der Waals surface area contributed by atoms with E-state index >= 15 is 0 Å². The van der Waals surface area contributed by atoms with Gasteiger partial charge in [-0.15, -0.1) is 0 Å². The van der Waals surface area contributed by atoms with Crippen molar-refractivity contribution in [3.8, 4) is 0 Å². The van der Waals surface area contributed by atoms with Crippen molar-refractivity contribution in [2.24, 2.45) is 0 Å². The third kappa shape index (κ3) is 1.11. The van der Waals surface area contributed by atoms with E-state index in [1.807, 2.05) is 31.1 Å². The van der Waals surface area contributed by atoms with E-state index in [9.17, 15) is 0 Å². The summed E-state index contributed by atoms with van der Waals surface area (Å²) in [5.41, 5.74) is 8.67. The predicted molar refractivity (Wildman–Crippen MR) is 54.8 cm³/mol. The second-order valence-electron chi connectivity index (χ2n) is 3.23. The Morgan fingerprint density at radius 3 is 2.85 bits per heavy atom. The van der Waals surface area contributed by atoms with E-state index in [1.165, 1.54) is 0 Å². The largest absolute Gasteiger partial charge is 0.397 e. The number of hydrogen-bond donors (Lipinski definition) is 2. The van der Waals surface area contributed by atoms with Crippen molar-refractivity contribution >= 4 is 22.3 Å². The predicted octanol–water partition coefficient (Wildman–Crippen LogP) is 1.21. The first kappa shape index (κ1) is 7.91. The lowest BCUT2D eigenvalue weighted by Gasteiger charge is -2.15. The number of nitrogens with two attached hydrogens (primary N) is 1. The number of aromatic amines is 1. The molecule has 0 bridgehead atoms. The van der Waals surface area contributed by atoms with E-state index in [2.05, 4.69) is 10.2 Å². The van der Waals surface area contributed by atoms with E-state index in [0.717, 1.165) is 22.3 Å². The fourth-order valence-electron chi connectivity index (χ4n) is 1.52. The highest BCUT2D eigenvalue weighted by atomic mass is 15.1. The van der Waals surface area contributed by atoms with Crippen molar-refractivity contribution < 1.29 is 0 Å². The van der Waals surface area contributed by atoms with Crippen LogP contribution in [-0.4, -0.2) is 24.3 Å². The van der Waals surface area contributed by atoms with E-state index in [1.54, 1.807) is 6.20 Å². The van der Waals surface area contributed by atoms with Gasteiger partial charge in [-0.2, -0.15) is 5.10 Å². The molecular weight excluding hydrogens is 164 g/mol. The van der Waals surface area contributed by atoms with Crippen LogP contribution < -0.4 is 10.6 Å². The zero-order valence-electron chi connectivity index (χ0n) is 7.70. The number of H-pyrrole nitrogens is 1. The zero-order valence-corrected chi connectivity index (χ0v) is 7.70. The number of hydrogen-bond acceptors (Lipinski definition) is 3. The summed E-state index contributed by atoms with van der Waals surface area (Å²) in [6, 6.07) is 3.82. The molecule has 68 valence electrons. The molecular formula is C9H12N4. The quantitative estimate of drug-likeness (QED) is 0.642. The Kier molecular flexibility index (Phi) is 1.62. The minimum absolute atomic E-state index is 0.777. The molecule has 0 aliphatic carbocycles. The van der Waals surface area contributed by atoms with Crippen LogP contribution in [0.25, 0.3) is 10.9 Å². The second kappa shape index (κ2) is 2.65. The number of nitrogens with one attached hydrogen (secondary N) is 1. The first-order valence-corrected chi connectivity index (χ1v) is 4.09. The lowest BCUT2D eigenvalue weighted by Crippen LogP contribution is -2.11. The molecule has 0 saturated carbocycles. The minimum Gasteiger partial charge on any atom is -0.397 e. The van der Waals surface area contributed by atoms with Gasteiger partial charge in [0, 0.05) is 19.5 Å². The number of benzene rings is 1. The molecule has 0 fully saturated rings. The number of nitrogens with zero attached hydrogens (tertiary/aromatic N) is 2. The maximum Gasteiger partial charge on any atom is 0.0706 e. The summed E-state index contributed by atoms with van der Waals surface area (Å²) in [7, 11) is 3.94. The molecule has 0 aliphatic heterocycles. The summed E-state index contributed by atoms with van der Waals surface area (Å²) in [4.78, 5) is 1.99. The van der Waals surface area contributed by atoms with Crippen LogP contribution in [0, 0.1) is 0 Å². The molecule has 0 unspecified atom stereocenters. The van der Waals surface area contributed by atoms with Gasteiger partial charge < -0.3 is 10.6 Å². The number of aromatic nitrogens is 2. The highest BCUT2D eigenvalue weighted by Crippen LogP contribution is 2.29. The molecule has 2 aromatic rings. The third-order valence-electron chi connectivity index (χ3n) is 2.07. The van der Waals surface area contributed by atoms with E-state index < -0.39 is 0 Å². The molecule has 3 N–H and O–H groups in total. The highest BCUT2D eigenvalue weighted by molar-refractivity contribution is 5.97. The van der Waals surface area contributed by atoms with Gasteiger partial charge in [0.25, 0.3) is 0 Å². The van der Waals surface area contributed by atoms with E-state index in [0.29, 0.717) is 0 Å². The highest BCUT2D eigenvalue weighted by Gasteiger charge is 2.07. The van der Waals surface area contributed by atoms with Gasteiger partial charge in [-0.3, -0.25) is 5.10 Å². The monoisotopic (exact) mass is 176 g/mol. The first-order chi connectivity index (χ1) is 6.20. The van der Waals surface area contributed by atoms with Crippen molar-refractivity contribution in [3.63, 3.8) is 0 Å². The van der Waals surface area contributed by atoms with Crippen LogP contribution >= 0.6 is 0 Å². The second-order valence-corrected chi connectivity index (χ2v) is 3.23. The molecule has 0 atom stereocenters. The van der Waals surface area contributed by atoms with Crippen LogP contribution in [0.2, 0.25) is 0 Å². The van der Waals surface area contributed by atoms with Crippen LogP contribution in [-0.2, 0) is 0 Å². The van der Waals surface area contributed by atoms with Crippen LogP contribution in [0.4, 0.5) is 11.4 Å². The topological polar surface area (TPSA) is 57.9 Å². The summed E-state index contributed by atoms with van der Waals surface area (Å²) in [5.74, 6) is 0. The number of fused-ring (bicyclic) bond motifs is 1. The molecule has 4 heteroatoms. The standard InChI is InChI=1S/C9H12N4/c1-13(2)9-6-5-11-12-8(6)4-3-7(9)10/h3-5H,10H2,1-2H3,(H,11,12). The zero-order chi connectivity index (χ0) is 9.42. The molecule has 1 aromatic carbocycles. The van der Waals surface area contributed by atoms with Gasteiger partial charge in [-0.1, -0.05) is 0 Å².